The Morgan fingerprint density at radius 3 is 2.36 bits per heavy atom. The van der Waals surface area contributed by atoms with E-state index in [0.717, 1.165) is 4.57 Å². The molecule has 25 heavy (non-hydrogen) atoms. The third-order valence-corrected chi connectivity index (χ3v) is 3.38. The highest BCUT2D eigenvalue weighted by Crippen LogP contribution is 2.31. The van der Waals surface area contributed by atoms with Gasteiger partial charge in [0.2, 0.25) is 0 Å². The number of fused-ring (bicyclic) bond motifs is 1. The molecule has 0 amide bonds. The van der Waals surface area contributed by atoms with Crippen LogP contribution < -0.4 is 4.65 Å². The van der Waals surface area contributed by atoms with Gasteiger partial charge in [0.1, 0.15) is 5.60 Å². The van der Waals surface area contributed by atoms with E-state index in [1.807, 2.05) is 0 Å². The third-order valence-electron chi connectivity index (χ3n) is 3.06. The predicted molar refractivity (Wildman–Crippen MR) is 90.7 cm³/mol. The van der Waals surface area contributed by atoms with Crippen LogP contribution in [0.3, 0.4) is 0 Å². The molecule has 0 atom stereocenters. The number of hydrogen-bond acceptors (Lipinski definition) is 7. The van der Waals surface area contributed by atoms with Gasteiger partial charge in [0.25, 0.3) is 0 Å². The summed E-state index contributed by atoms with van der Waals surface area (Å²) in [7, 11) is -0.951. The Morgan fingerprint density at radius 1 is 1.20 bits per heavy atom. The van der Waals surface area contributed by atoms with Crippen LogP contribution in [0.2, 0.25) is 5.02 Å². The zero-order valence-electron chi connectivity index (χ0n) is 14.1. The Morgan fingerprint density at radius 2 is 1.84 bits per heavy atom. The second kappa shape index (κ2) is 6.95. The maximum Gasteiger partial charge on any atom is 0.708 e. The minimum absolute atomic E-state index is 0.0377. The lowest BCUT2D eigenvalue weighted by molar-refractivity contribution is 0.0532. The van der Waals surface area contributed by atoms with E-state index in [4.69, 9.17) is 31.0 Å². The van der Waals surface area contributed by atoms with Crippen LogP contribution in [-0.2, 0) is 9.47 Å². The number of methoxy groups -OCH3 is 1. The largest absolute Gasteiger partial charge is 0.708 e. The second-order valence-electron chi connectivity index (χ2n) is 6.12. The van der Waals surface area contributed by atoms with Crippen molar-refractivity contribution in [1.29, 1.82) is 0 Å². The standard InChI is InChI=1S/C15H17BClNO7/c1-15(2,3)24-14(20)18-11-7-9(13(19)23-4)10(17)5-8(11)6-12(18)25-16(21)22/h5-7,21-22H,1-4H3. The van der Waals surface area contributed by atoms with E-state index in [-0.39, 0.29) is 22.0 Å². The van der Waals surface area contributed by atoms with Gasteiger partial charge in [0.15, 0.2) is 5.88 Å². The molecule has 0 aliphatic rings. The number of aromatic nitrogens is 1. The summed E-state index contributed by atoms with van der Waals surface area (Å²) in [5.41, 5.74) is -0.536. The maximum absolute atomic E-state index is 12.5. The zero-order chi connectivity index (χ0) is 18.9. The fourth-order valence-electron chi connectivity index (χ4n) is 2.16. The molecule has 0 saturated carbocycles. The van der Waals surface area contributed by atoms with Gasteiger partial charge in [-0.15, -0.1) is 0 Å². The van der Waals surface area contributed by atoms with Crippen LogP contribution in [0.1, 0.15) is 31.1 Å². The van der Waals surface area contributed by atoms with Gasteiger partial charge in [-0.25, -0.2) is 14.2 Å². The minimum atomic E-state index is -2.15. The molecule has 8 nitrogen and oxygen atoms in total. The molecule has 0 spiro atoms. The molecule has 134 valence electrons. The second-order valence-corrected chi connectivity index (χ2v) is 6.53. The highest BCUT2D eigenvalue weighted by Gasteiger charge is 2.26. The lowest BCUT2D eigenvalue weighted by Gasteiger charge is -2.21. The first kappa shape index (κ1) is 19.1. The summed E-state index contributed by atoms with van der Waals surface area (Å²) in [5, 5.41) is 18.7. The number of carbonyl (C=O) groups is 2. The summed E-state index contributed by atoms with van der Waals surface area (Å²) < 4.78 is 15.8. The number of nitrogens with zero attached hydrogens (tertiary/aromatic N) is 1. The van der Waals surface area contributed by atoms with E-state index < -0.39 is 25.0 Å². The van der Waals surface area contributed by atoms with Crippen molar-refractivity contribution < 1.29 is 33.8 Å². The molecule has 0 aliphatic heterocycles. The first-order valence-corrected chi connectivity index (χ1v) is 7.60. The number of carbonyl (C=O) groups excluding carboxylic acids is 2. The Hall–Kier alpha value is -2.23. The summed E-state index contributed by atoms with van der Waals surface area (Å²) in [4.78, 5) is 24.4. The molecule has 2 N–H and O–H groups in total. The van der Waals surface area contributed by atoms with Crippen LogP contribution in [-0.4, -0.2) is 46.7 Å². The highest BCUT2D eigenvalue weighted by atomic mass is 35.5. The van der Waals surface area contributed by atoms with E-state index in [9.17, 15) is 9.59 Å². The molecule has 1 heterocycles. The summed E-state index contributed by atoms with van der Waals surface area (Å²) in [6.07, 6.45) is -0.823. The van der Waals surface area contributed by atoms with Gasteiger partial charge in [0, 0.05) is 11.5 Å². The number of halogens is 1. The van der Waals surface area contributed by atoms with Crippen LogP contribution in [0, 0.1) is 0 Å². The third kappa shape index (κ3) is 4.25. The van der Waals surface area contributed by atoms with E-state index in [2.05, 4.69) is 4.74 Å². The van der Waals surface area contributed by atoms with E-state index in [0.29, 0.717) is 5.39 Å². The molecule has 0 radical (unpaired) electrons. The molecular weight excluding hydrogens is 352 g/mol. The predicted octanol–water partition coefficient (Wildman–Crippen LogP) is 2.21. The molecular formula is C15H17BClNO7. The Kier molecular flexibility index (Phi) is 5.31. The molecule has 2 aromatic rings. The smallest absolute Gasteiger partial charge is 0.498 e. The molecule has 0 fully saturated rings. The van der Waals surface area contributed by atoms with Crippen molar-refractivity contribution in [1.82, 2.24) is 4.57 Å². The number of ether oxygens (including phenoxy) is 2. The average molecular weight is 370 g/mol. The molecule has 1 aromatic carbocycles. The van der Waals surface area contributed by atoms with Gasteiger partial charge < -0.3 is 24.2 Å². The van der Waals surface area contributed by atoms with Crippen molar-refractivity contribution >= 4 is 41.9 Å². The summed E-state index contributed by atoms with van der Waals surface area (Å²) >= 11 is 6.06. The number of esters is 1. The summed E-state index contributed by atoms with van der Waals surface area (Å²) in [6.45, 7) is 5.03. The Labute approximate surface area is 149 Å². The van der Waals surface area contributed by atoms with Crippen LogP contribution >= 0.6 is 11.6 Å². The molecule has 1 aromatic heterocycles. The van der Waals surface area contributed by atoms with Crippen molar-refractivity contribution in [3.63, 3.8) is 0 Å². The fourth-order valence-corrected chi connectivity index (χ4v) is 2.41. The lowest BCUT2D eigenvalue weighted by atomic mass is 10.1. The topological polar surface area (TPSA) is 107 Å². The van der Waals surface area contributed by atoms with Gasteiger partial charge in [0.05, 0.1) is 23.2 Å². The quantitative estimate of drug-likeness (QED) is 0.631. The Balaban J connectivity index is 2.68. The van der Waals surface area contributed by atoms with Crippen LogP contribution in [0.15, 0.2) is 18.2 Å². The van der Waals surface area contributed by atoms with Crippen molar-refractivity contribution in [3.8, 4) is 5.88 Å². The molecule has 0 bridgehead atoms. The lowest BCUT2D eigenvalue weighted by Crippen LogP contribution is -2.29. The molecule has 2 rings (SSSR count). The van der Waals surface area contributed by atoms with E-state index in [1.165, 1.54) is 25.3 Å². The minimum Gasteiger partial charge on any atom is -0.498 e. The molecule has 0 aliphatic carbocycles. The molecule has 10 heteroatoms. The van der Waals surface area contributed by atoms with Gasteiger partial charge >= 0.3 is 19.4 Å². The summed E-state index contributed by atoms with van der Waals surface area (Å²) in [6, 6.07) is 4.14. The van der Waals surface area contributed by atoms with E-state index >= 15 is 0 Å². The first-order chi connectivity index (χ1) is 11.5. The number of benzene rings is 1. The molecule has 0 saturated heterocycles. The van der Waals surface area contributed by atoms with Crippen molar-refractivity contribution in [2.75, 3.05) is 7.11 Å². The van der Waals surface area contributed by atoms with Crippen LogP contribution in [0.5, 0.6) is 5.88 Å². The van der Waals surface area contributed by atoms with Gasteiger partial charge in [-0.2, -0.15) is 0 Å². The van der Waals surface area contributed by atoms with Gasteiger partial charge in [-0.1, -0.05) is 11.6 Å². The SMILES string of the molecule is COC(=O)c1cc2c(cc1Cl)cc(OB(O)O)n2C(=O)OC(C)(C)C. The normalized spacial score (nSPS) is 11.3. The maximum atomic E-state index is 12.5. The van der Waals surface area contributed by atoms with Gasteiger partial charge in [-0.05, 0) is 32.9 Å². The average Bonchev–Trinajstić information content (AvgIpc) is 2.79. The highest BCUT2D eigenvalue weighted by molar-refractivity contribution is 6.35. The summed E-state index contributed by atoms with van der Waals surface area (Å²) in [5.74, 6) is -0.870. The monoisotopic (exact) mass is 369 g/mol. The fraction of sp³-hybridized carbons (Fsp3) is 0.333. The number of hydrogen-bond donors (Lipinski definition) is 2. The van der Waals surface area contributed by atoms with Crippen molar-refractivity contribution in [3.05, 3.63) is 28.8 Å². The Bertz CT molecular complexity index is 825. The van der Waals surface area contributed by atoms with Crippen molar-refractivity contribution in [2.24, 2.45) is 0 Å². The van der Waals surface area contributed by atoms with Crippen LogP contribution in [0.4, 0.5) is 4.79 Å². The van der Waals surface area contributed by atoms with Crippen LogP contribution in [0.25, 0.3) is 10.9 Å². The first-order valence-electron chi connectivity index (χ1n) is 7.23. The number of rotatable bonds is 3. The van der Waals surface area contributed by atoms with E-state index in [1.54, 1.807) is 20.8 Å². The molecule has 0 unspecified atom stereocenters. The zero-order valence-corrected chi connectivity index (χ0v) is 14.8. The van der Waals surface area contributed by atoms with Crippen molar-refractivity contribution in [2.45, 2.75) is 26.4 Å². The van der Waals surface area contributed by atoms with Gasteiger partial charge in [-0.3, -0.25) is 0 Å².